The van der Waals surface area contributed by atoms with Gasteiger partial charge in [-0.3, -0.25) is 4.79 Å². The average molecular weight is 251 g/mol. The maximum Gasteiger partial charge on any atom is 0.304 e. The van der Waals surface area contributed by atoms with E-state index in [9.17, 15) is 4.79 Å². The third-order valence-electron chi connectivity index (χ3n) is 2.30. The SMILES string of the molecule is NC(CC(=O)O)Cc1nc(-c2ccc[nH]2)cs1. The number of nitrogens with zero attached hydrogens (tertiary/aromatic N) is 1. The van der Waals surface area contributed by atoms with Gasteiger partial charge in [-0.05, 0) is 12.1 Å². The van der Waals surface area contributed by atoms with Gasteiger partial charge in [0.25, 0.3) is 0 Å². The molecule has 5 nitrogen and oxygen atoms in total. The third kappa shape index (κ3) is 3.15. The number of H-pyrrole nitrogens is 1. The van der Waals surface area contributed by atoms with Crippen LogP contribution < -0.4 is 5.73 Å². The van der Waals surface area contributed by atoms with Gasteiger partial charge in [0, 0.05) is 24.0 Å². The average Bonchev–Trinajstić information content (AvgIpc) is 2.84. The predicted molar refractivity (Wildman–Crippen MR) is 65.8 cm³/mol. The minimum Gasteiger partial charge on any atom is -0.481 e. The number of hydrogen-bond acceptors (Lipinski definition) is 4. The summed E-state index contributed by atoms with van der Waals surface area (Å²) in [4.78, 5) is 18.0. The first kappa shape index (κ1) is 11.8. The summed E-state index contributed by atoms with van der Waals surface area (Å²) in [6.45, 7) is 0. The van der Waals surface area contributed by atoms with Gasteiger partial charge in [-0.15, -0.1) is 11.3 Å². The molecular formula is C11H13N3O2S. The van der Waals surface area contributed by atoms with Gasteiger partial charge >= 0.3 is 5.97 Å². The molecule has 0 aliphatic carbocycles. The molecule has 1 unspecified atom stereocenters. The largest absolute Gasteiger partial charge is 0.481 e. The minimum atomic E-state index is -0.876. The van der Waals surface area contributed by atoms with Crippen LogP contribution in [0.4, 0.5) is 0 Å². The van der Waals surface area contributed by atoms with E-state index < -0.39 is 5.97 Å². The maximum absolute atomic E-state index is 10.5. The molecule has 0 amide bonds. The fourth-order valence-electron chi connectivity index (χ4n) is 1.54. The zero-order valence-electron chi connectivity index (χ0n) is 9.09. The summed E-state index contributed by atoms with van der Waals surface area (Å²) in [5, 5.41) is 11.4. The molecule has 0 saturated carbocycles. The van der Waals surface area contributed by atoms with E-state index in [4.69, 9.17) is 10.8 Å². The molecule has 0 aliphatic rings. The van der Waals surface area contributed by atoms with Gasteiger partial charge in [0.2, 0.25) is 0 Å². The van der Waals surface area contributed by atoms with Gasteiger partial charge in [-0.1, -0.05) is 0 Å². The number of aromatic nitrogens is 2. The lowest BCUT2D eigenvalue weighted by Gasteiger charge is -2.05. The Labute approximate surface area is 102 Å². The number of carboxylic acids is 1. The molecular weight excluding hydrogens is 238 g/mol. The van der Waals surface area contributed by atoms with E-state index in [-0.39, 0.29) is 12.5 Å². The molecule has 2 heterocycles. The van der Waals surface area contributed by atoms with Gasteiger partial charge in [-0.2, -0.15) is 0 Å². The second-order valence-electron chi connectivity index (χ2n) is 3.77. The summed E-state index contributed by atoms with van der Waals surface area (Å²) in [6, 6.07) is 3.47. The van der Waals surface area contributed by atoms with Crippen LogP contribution in [0.15, 0.2) is 23.7 Å². The van der Waals surface area contributed by atoms with Crippen molar-refractivity contribution < 1.29 is 9.90 Å². The number of thiazole rings is 1. The molecule has 4 N–H and O–H groups in total. The van der Waals surface area contributed by atoms with Gasteiger partial charge in [-0.25, -0.2) is 4.98 Å². The molecule has 2 aromatic rings. The molecule has 2 rings (SSSR count). The number of carbonyl (C=O) groups is 1. The molecule has 0 fully saturated rings. The van der Waals surface area contributed by atoms with Gasteiger partial charge in [0.1, 0.15) is 0 Å². The second-order valence-corrected chi connectivity index (χ2v) is 4.72. The van der Waals surface area contributed by atoms with Gasteiger partial charge in [0.15, 0.2) is 0 Å². The Balaban J connectivity index is 2.01. The first-order valence-corrected chi connectivity index (χ1v) is 6.08. The van der Waals surface area contributed by atoms with E-state index in [1.165, 1.54) is 11.3 Å². The Bertz CT molecular complexity index is 493. The second kappa shape index (κ2) is 5.11. The van der Waals surface area contributed by atoms with E-state index in [1.807, 2.05) is 23.7 Å². The van der Waals surface area contributed by atoms with Crippen LogP contribution in [0.3, 0.4) is 0 Å². The lowest BCUT2D eigenvalue weighted by Crippen LogP contribution is -2.26. The van der Waals surface area contributed by atoms with Crippen molar-refractivity contribution in [1.82, 2.24) is 9.97 Å². The number of aromatic amines is 1. The van der Waals surface area contributed by atoms with Crippen molar-refractivity contribution in [2.45, 2.75) is 18.9 Å². The highest BCUT2D eigenvalue weighted by atomic mass is 32.1. The fraction of sp³-hybridized carbons (Fsp3) is 0.273. The van der Waals surface area contributed by atoms with Crippen LogP contribution in [-0.2, 0) is 11.2 Å². The molecule has 0 aliphatic heterocycles. The summed E-state index contributed by atoms with van der Waals surface area (Å²) >= 11 is 1.50. The molecule has 90 valence electrons. The van der Waals surface area contributed by atoms with E-state index in [2.05, 4.69) is 9.97 Å². The number of rotatable bonds is 5. The summed E-state index contributed by atoms with van der Waals surface area (Å²) in [5.74, 6) is -0.876. The maximum atomic E-state index is 10.5. The molecule has 17 heavy (non-hydrogen) atoms. The lowest BCUT2D eigenvalue weighted by molar-refractivity contribution is -0.137. The van der Waals surface area contributed by atoms with Crippen molar-refractivity contribution in [3.63, 3.8) is 0 Å². The molecule has 0 aromatic carbocycles. The number of nitrogens with one attached hydrogen (secondary N) is 1. The molecule has 2 aromatic heterocycles. The quantitative estimate of drug-likeness (QED) is 0.750. The Morgan fingerprint density at radius 3 is 3.12 bits per heavy atom. The third-order valence-corrected chi connectivity index (χ3v) is 3.17. The molecule has 0 saturated heterocycles. The number of hydrogen-bond donors (Lipinski definition) is 3. The summed E-state index contributed by atoms with van der Waals surface area (Å²) in [7, 11) is 0. The predicted octanol–water partition coefficient (Wildman–Crippen LogP) is 1.48. The van der Waals surface area contributed by atoms with Gasteiger partial charge in [0.05, 0.1) is 22.8 Å². The van der Waals surface area contributed by atoms with Crippen molar-refractivity contribution in [2.75, 3.05) is 0 Å². The minimum absolute atomic E-state index is 0.0303. The zero-order valence-corrected chi connectivity index (χ0v) is 9.91. The van der Waals surface area contributed by atoms with Crippen LogP contribution in [0.2, 0.25) is 0 Å². The Morgan fingerprint density at radius 1 is 1.65 bits per heavy atom. The highest BCUT2D eigenvalue weighted by Crippen LogP contribution is 2.21. The lowest BCUT2D eigenvalue weighted by atomic mass is 10.1. The Morgan fingerprint density at radius 2 is 2.47 bits per heavy atom. The number of carboxylic acid groups (broad SMARTS) is 1. The first-order chi connectivity index (χ1) is 8.15. The van der Waals surface area contributed by atoms with Crippen molar-refractivity contribution in [3.05, 3.63) is 28.7 Å². The van der Waals surface area contributed by atoms with Crippen LogP contribution in [0.1, 0.15) is 11.4 Å². The molecule has 6 heteroatoms. The van der Waals surface area contributed by atoms with E-state index in [1.54, 1.807) is 0 Å². The topological polar surface area (TPSA) is 92.0 Å². The Hall–Kier alpha value is -1.66. The number of aliphatic carboxylic acids is 1. The van der Waals surface area contributed by atoms with Crippen molar-refractivity contribution in [3.8, 4) is 11.4 Å². The zero-order chi connectivity index (χ0) is 12.3. The van der Waals surface area contributed by atoms with E-state index in [0.29, 0.717) is 6.42 Å². The van der Waals surface area contributed by atoms with Crippen molar-refractivity contribution in [1.29, 1.82) is 0 Å². The highest BCUT2D eigenvalue weighted by molar-refractivity contribution is 7.09. The van der Waals surface area contributed by atoms with E-state index >= 15 is 0 Å². The van der Waals surface area contributed by atoms with Crippen LogP contribution >= 0.6 is 11.3 Å². The molecule has 0 bridgehead atoms. The van der Waals surface area contributed by atoms with Gasteiger partial charge < -0.3 is 15.8 Å². The van der Waals surface area contributed by atoms with Crippen LogP contribution in [0, 0.1) is 0 Å². The summed E-state index contributed by atoms with van der Waals surface area (Å²) in [5.41, 5.74) is 7.54. The number of nitrogens with two attached hydrogens (primary N) is 1. The summed E-state index contributed by atoms with van der Waals surface area (Å²) in [6.07, 6.45) is 2.31. The normalized spacial score (nSPS) is 12.5. The summed E-state index contributed by atoms with van der Waals surface area (Å²) < 4.78 is 0. The standard InChI is InChI=1S/C11H13N3O2S/c12-7(5-11(15)16)4-10-14-9(6-17-10)8-2-1-3-13-8/h1-3,6-7,13H,4-5,12H2,(H,15,16). The van der Waals surface area contributed by atoms with Crippen molar-refractivity contribution in [2.24, 2.45) is 5.73 Å². The fourth-order valence-corrected chi connectivity index (χ4v) is 2.43. The van der Waals surface area contributed by atoms with Crippen molar-refractivity contribution >= 4 is 17.3 Å². The Kier molecular flexibility index (Phi) is 3.55. The van der Waals surface area contributed by atoms with Crippen LogP contribution in [-0.4, -0.2) is 27.1 Å². The monoisotopic (exact) mass is 251 g/mol. The first-order valence-electron chi connectivity index (χ1n) is 5.20. The molecule has 0 spiro atoms. The molecule has 1 atom stereocenters. The smallest absolute Gasteiger partial charge is 0.304 e. The van der Waals surface area contributed by atoms with Crippen LogP contribution in [0.25, 0.3) is 11.4 Å². The highest BCUT2D eigenvalue weighted by Gasteiger charge is 2.12. The van der Waals surface area contributed by atoms with Crippen LogP contribution in [0.5, 0.6) is 0 Å². The molecule has 0 radical (unpaired) electrons. The van der Waals surface area contributed by atoms with E-state index in [0.717, 1.165) is 16.4 Å².